The van der Waals surface area contributed by atoms with Crippen LogP contribution in [0.15, 0.2) is 188 Å². The molecule has 0 atom stereocenters. The van der Waals surface area contributed by atoms with E-state index in [1.54, 1.807) is 113 Å². The van der Waals surface area contributed by atoms with Crippen molar-refractivity contribution in [2.24, 2.45) is 0 Å². The first-order valence-electron chi connectivity index (χ1n) is 28.4. The molecular formula is C70H62Cl4N6O11. The van der Waals surface area contributed by atoms with E-state index in [-0.39, 0.29) is 30.4 Å². The average Bonchev–Trinajstić information content (AvgIpc) is 1.76. The second kappa shape index (κ2) is 29.7. The van der Waals surface area contributed by atoms with E-state index in [1.165, 1.54) is 7.11 Å². The Hall–Kier alpha value is -9.78. The maximum atomic E-state index is 12.3. The van der Waals surface area contributed by atoms with Gasteiger partial charge in [-0.3, -0.25) is 10.6 Å². The normalized spacial score (nSPS) is 11.1. The van der Waals surface area contributed by atoms with Crippen LogP contribution in [0.25, 0.3) is 44.8 Å². The van der Waals surface area contributed by atoms with Gasteiger partial charge in [0.15, 0.2) is 0 Å². The Labute approximate surface area is 545 Å². The smallest absolute Gasteiger partial charge is 0.412 e. The van der Waals surface area contributed by atoms with E-state index in [9.17, 15) is 29.4 Å². The minimum absolute atomic E-state index is 0.163. The molecule has 8 aromatic carbocycles. The summed E-state index contributed by atoms with van der Waals surface area (Å²) < 4.78 is 32.2. The summed E-state index contributed by atoms with van der Waals surface area (Å²) in [6.07, 6.45) is 2.52. The number of rotatable bonds is 20. The fraction of sp³-hybridized carbons (Fsp3) is 0.171. The summed E-state index contributed by atoms with van der Waals surface area (Å²) in [7, 11) is 1.54. The SMILES string of the molecule is CC(C)OC(=O)Nc1ccc(-c2ccc(OCc3nc(-c4ccc(Cl)cc4Cl)cn3Cc3ccc(C(=O)O)cc3)cc2)cc1.COc1cc(-c2ccc(OCc3nc(-c4ccc(Cl)cc4Cl)cn3Cc3ccc(C(=O)O)cc3)cc2)ccc1NC(=O)OC(C)(C)C. The summed E-state index contributed by atoms with van der Waals surface area (Å²) in [5, 5.41) is 25.9. The zero-order valence-electron chi connectivity index (χ0n) is 50.2. The fourth-order valence-electron chi connectivity index (χ4n) is 9.24. The van der Waals surface area contributed by atoms with Crippen molar-refractivity contribution in [2.45, 2.75) is 72.6 Å². The third-order valence-electron chi connectivity index (χ3n) is 13.7. The lowest BCUT2D eigenvalue weighted by Gasteiger charge is -2.20. The minimum Gasteiger partial charge on any atom is -0.495 e. The van der Waals surface area contributed by atoms with Crippen LogP contribution >= 0.6 is 46.4 Å². The zero-order valence-corrected chi connectivity index (χ0v) is 53.2. The van der Waals surface area contributed by atoms with Crippen LogP contribution in [0.1, 0.15) is 78.1 Å². The number of carboxylic acids is 2. The lowest BCUT2D eigenvalue weighted by Crippen LogP contribution is -2.27. The average molecular weight is 1310 g/mol. The lowest BCUT2D eigenvalue weighted by molar-refractivity contribution is 0.0632. The molecule has 91 heavy (non-hydrogen) atoms. The third kappa shape index (κ3) is 18.2. The Morgan fingerprint density at radius 1 is 0.527 bits per heavy atom. The quantitative estimate of drug-likeness (QED) is 0.0559. The zero-order chi connectivity index (χ0) is 64.9. The number of benzene rings is 8. The number of carbonyl (C=O) groups excluding carboxylic acids is 2. The highest BCUT2D eigenvalue weighted by molar-refractivity contribution is 6.37. The van der Waals surface area contributed by atoms with E-state index in [4.69, 9.17) is 80.1 Å². The molecule has 0 unspecified atom stereocenters. The van der Waals surface area contributed by atoms with Gasteiger partial charge in [0.05, 0.1) is 51.5 Å². The monoisotopic (exact) mass is 1300 g/mol. The number of hydrogen-bond acceptors (Lipinski definition) is 11. The molecule has 10 rings (SSSR count). The largest absolute Gasteiger partial charge is 0.495 e. The van der Waals surface area contributed by atoms with Crippen LogP contribution in [0.4, 0.5) is 21.0 Å². The van der Waals surface area contributed by atoms with Gasteiger partial charge in [0, 0.05) is 52.3 Å². The topological polar surface area (TPSA) is 215 Å². The van der Waals surface area contributed by atoms with E-state index < -0.39 is 29.7 Å². The van der Waals surface area contributed by atoms with Crippen molar-refractivity contribution in [1.29, 1.82) is 0 Å². The minimum atomic E-state index is -0.981. The predicted molar refractivity (Wildman–Crippen MR) is 354 cm³/mol. The Balaban J connectivity index is 0.000000216. The van der Waals surface area contributed by atoms with Crippen LogP contribution < -0.4 is 24.8 Å². The van der Waals surface area contributed by atoms with Crippen LogP contribution in [0.3, 0.4) is 0 Å². The van der Waals surface area contributed by atoms with Crippen molar-refractivity contribution in [3.8, 4) is 62.0 Å². The molecule has 0 aliphatic carbocycles. The molecule has 0 bridgehead atoms. The van der Waals surface area contributed by atoms with Crippen molar-refractivity contribution >= 4 is 81.9 Å². The van der Waals surface area contributed by atoms with Crippen molar-refractivity contribution in [2.75, 3.05) is 17.7 Å². The number of methoxy groups -OCH3 is 1. The summed E-state index contributed by atoms with van der Waals surface area (Å²) >= 11 is 25.2. The van der Waals surface area contributed by atoms with Crippen LogP contribution in [-0.4, -0.2) is 72.3 Å². The van der Waals surface area contributed by atoms with Crippen molar-refractivity contribution in [3.63, 3.8) is 0 Å². The number of nitrogens with zero attached hydrogens (tertiary/aromatic N) is 4. The summed E-state index contributed by atoms with van der Waals surface area (Å²) in [5.74, 6) is 1.15. The standard InChI is InChI=1S/C36H33Cl2N3O6.C34H29Cl2N3O5/c1-36(2,3)47-35(44)40-30-16-11-25(17-32(30)45-4)23-9-13-27(14-10-23)46-21-33-39-31(28-15-12-26(37)18-29(28)38)20-41(33)19-22-5-7-24(8-6-22)34(42)43;1-21(2)44-34(42)37-27-12-7-23(8-13-27)24-9-14-28(15-10-24)43-20-32-38-31(29-16-11-26(35)17-30(29)36)19-39(32)18-22-3-5-25(6-4-22)33(40)41/h5-18,20H,19,21H2,1-4H3,(H,40,44)(H,42,43);3-17,19,21H,18,20H2,1-2H3,(H,37,42)(H,40,41). The van der Waals surface area contributed by atoms with Gasteiger partial charge >= 0.3 is 24.1 Å². The number of carbonyl (C=O) groups is 4. The van der Waals surface area contributed by atoms with Gasteiger partial charge in [0.2, 0.25) is 0 Å². The summed E-state index contributed by atoms with van der Waals surface area (Å²) in [5.41, 5.74) is 9.32. The fourth-order valence-corrected chi connectivity index (χ4v) is 10.3. The molecule has 21 heteroatoms. The van der Waals surface area contributed by atoms with Gasteiger partial charge in [-0.2, -0.15) is 0 Å². The molecule has 466 valence electrons. The molecule has 0 aliphatic rings. The number of amides is 2. The van der Waals surface area contributed by atoms with Crippen LogP contribution in [0, 0.1) is 0 Å². The molecule has 0 saturated heterocycles. The second-order valence-corrected chi connectivity index (χ2v) is 23.6. The first kappa shape index (κ1) is 65.7. The highest BCUT2D eigenvalue weighted by Gasteiger charge is 2.20. The molecule has 2 amide bonds. The first-order chi connectivity index (χ1) is 43.5. The van der Waals surface area contributed by atoms with Crippen molar-refractivity contribution < 1.29 is 53.1 Å². The van der Waals surface area contributed by atoms with E-state index in [0.29, 0.717) is 84.8 Å². The molecule has 0 saturated carbocycles. The number of nitrogens with one attached hydrogen (secondary N) is 2. The summed E-state index contributed by atoms with van der Waals surface area (Å²) in [4.78, 5) is 56.3. The Kier molecular flexibility index (Phi) is 21.4. The van der Waals surface area contributed by atoms with Gasteiger partial charge in [-0.1, -0.05) is 113 Å². The maximum absolute atomic E-state index is 12.3. The molecule has 4 N–H and O–H groups in total. The van der Waals surface area contributed by atoms with Gasteiger partial charge in [0.1, 0.15) is 47.7 Å². The van der Waals surface area contributed by atoms with E-state index in [2.05, 4.69) is 10.6 Å². The third-order valence-corrected chi connectivity index (χ3v) is 14.8. The number of carboxylic acid groups (broad SMARTS) is 2. The number of halogens is 4. The van der Waals surface area contributed by atoms with E-state index in [1.807, 2.05) is 119 Å². The second-order valence-electron chi connectivity index (χ2n) is 21.9. The Bertz CT molecular complexity index is 4210. The van der Waals surface area contributed by atoms with Gasteiger partial charge in [0.25, 0.3) is 0 Å². The highest BCUT2D eigenvalue weighted by Crippen LogP contribution is 2.35. The molecule has 0 radical (unpaired) electrons. The van der Waals surface area contributed by atoms with Crippen molar-refractivity contribution in [3.05, 3.63) is 242 Å². The maximum Gasteiger partial charge on any atom is 0.412 e. The number of ether oxygens (including phenoxy) is 5. The molecule has 2 heterocycles. The Morgan fingerprint density at radius 2 is 0.956 bits per heavy atom. The summed E-state index contributed by atoms with van der Waals surface area (Å²) in [6.45, 7) is 10.2. The van der Waals surface area contributed by atoms with Gasteiger partial charge in [-0.25, -0.2) is 29.1 Å². The number of imidazole rings is 2. The lowest BCUT2D eigenvalue weighted by atomic mass is 10.0. The molecular weight excluding hydrogens is 1240 g/mol. The number of anilines is 2. The molecule has 2 aromatic heterocycles. The van der Waals surface area contributed by atoms with Gasteiger partial charge < -0.3 is 43.0 Å². The number of aromatic nitrogens is 4. The summed E-state index contributed by atoms with van der Waals surface area (Å²) in [6, 6.07) is 52.2. The van der Waals surface area contributed by atoms with Crippen LogP contribution in [0.5, 0.6) is 17.2 Å². The first-order valence-corrected chi connectivity index (χ1v) is 29.9. The number of aromatic carboxylic acids is 2. The molecule has 10 aromatic rings. The van der Waals surface area contributed by atoms with Crippen molar-refractivity contribution in [1.82, 2.24) is 19.1 Å². The molecule has 0 fully saturated rings. The van der Waals surface area contributed by atoms with Gasteiger partial charge in [-0.15, -0.1) is 0 Å². The Morgan fingerprint density at radius 3 is 1.36 bits per heavy atom. The highest BCUT2D eigenvalue weighted by atomic mass is 35.5. The molecule has 17 nitrogen and oxygen atoms in total. The van der Waals surface area contributed by atoms with Crippen LogP contribution in [-0.2, 0) is 35.8 Å². The number of hydrogen-bond donors (Lipinski definition) is 4. The van der Waals surface area contributed by atoms with E-state index in [0.717, 1.165) is 44.5 Å². The van der Waals surface area contributed by atoms with E-state index >= 15 is 0 Å². The van der Waals surface area contributed by atoms with Crippen LogP contribution in [0.2, 0.25) is 20.1 Å². The molecule has 0 aliphatic heterocycles. The van der Waals surface area contributed by atoms with Gasteiger partial charge in [-0.05, 0) is 177 Å². The predicted octanol–water partition coefficient (Wildman–Crippen LogP) is 18.0. The molecule has 0 spiro atoms.